The summed E-state index contributed by atoms with van der Waals surface area (Å²) in [6.45, 7) is 7.96. The standard InChI is InChI=1S/C25H31NO4/c1-4-30-25(29)18(2)16-23(26-19(3)10-15-24(27)28)17-20-11-13-22(14-12-20)21-8-6-5-7-9-21/h5-9,11-14,18,23,26H,3-4,10,15-17H2,1-2H3,(H,27,28)/t18-,23+/m1/s1. The Morgan fingerprint density at radius 2 is 1.67 bits per heavy atom. The Kier molecular flexibility index (Phi) is 9.13. The molecule has 5 heteroatoms. The van der Waals surface area contributed by atoms with Gasteiger partial charge in [-0.1, -0.05) is 68.1 Å². The van der Waals surface area contributed by atoms with Crippen LogP contribution in [0, 0.1) is 5.92 Å². The summed E-state index contributed by atoms with van der Waals surface area (Å²) in [5.74, 6) is -1.34. The number of hydrogen-bond donors (Lipinski definition) is 2. The summed E-state index contributed by atoms with van der Waals surface area (Å²) >= 11 is 0. The molecule has 2 atom stereocenters. The van der Waals surface area contributed by atoms with E-state index in [0.29, 0.717) is 31.6 Å². The lowest BCUT2D eigenvalue weighted by molar-refractivity contribution is -0.147. The molecule has 2 N–H and O–H groups in total. The minimum Gasteiger partial charge on any atom is -0.481 e. The number of rotatable bonds is 12. The molecule has 0 aromatic heterocycles. The molecular formula is C25H31NO4. The van der Waals surface area contributed by atoms with Gasteiger partial charge in [-0.3, -0.25) is 9.59 Å². The topological polar surface area (TPSA) is 75.6 Å². The van der Waals surface area contributed by atoms with Gasteiger partial charge >= 0.3 is 11.9 Å². The molecule has 0 bridgehead atoms. The number of allylic oxidation sites excluding steroid dienone is 1. The molecule has 0 aliphatic carbocycles. The van der Waals surface area contributed by atoms with Crippen LogP contribution < -0.4 is 5.32 Å². The number of nitrogens with one attached hydrogen (secondary N) is 1. The molecule has 30 heavy (non-hydrogen) atoms. The fourth-order valence-corrected chi connectivity index (χ4v) is 3.37. The van der Waals surface area contributed by atoms with Gasteiger partial charge in [-0.15, -0.1) is 0 Å². The Hall–Kier alpha value is -3.08. The summed E-state index contributed by atoms with van der Waals surface area (Å²) in [4.78, 5) is 22.9. The number of esters is 1. The highest BCUT2D eigenvalue weighted by Crippen LogP contribution is 2.21. The number of carboxylic acids is 1. The lowest BCUT2D eigenvalue weighted by Gasteiger charge is -2.24. The van der Waals surface area contributed by atoms with Gasteiger partial charge in [-0.05, 0) is 42.9 Å². The zero-order chi connectivity index (χ0) is 21.9. The van der Waals surface area contributed by atoms with Gasteiger partial charge in [0.1, 0.15) is 0 Å². The molecule has 0 heterocycles. The van der Waals surface area contributed by atoms with Crippen LogP contribution in [-0.2, 0) is 20.7 Å². The predicted octanol–water partition coefficient (Wildman–Crippen LogP) is 4.82. The van der Waals surface area contributed by atoms with Crippen LogP contribution in [0.4, 0.5) is 0 Å². The normalized spacial score (nSPS) is 12.6. The Morgan fingerprint density at radius 1 is 1.03 bits per heavy atom. The first-order valence-electron chi connectivity index (χ1n) is 10.4. The smallest absolute Gasteiger partial charge is 0.308 e. The third-order valence-corrected chi connectivity index (χ3v) is 4.92. The van der Waals surface area contributed by atoms with Gasteiger partial charge < -0.3 is 15.2 Å². The Morgan fingerprint density at radius 3 is 2.27 bits per heavy atom. The Balaban J connectivity index is 2.07. The molecule has 0 aliphatic heterocycles. The van der Waals surface area contributed by atoms with Crippen molar-refractivity contribution in [2.24, 2.45) is 5.92 Å². The van der Waals surface area contributed by atoms with Crippen molar-refractivity contribution in [3.63, 3.8) is 0 Å². The number of carbonyl (C=O) groups excluding carboxylic acids is 1. The second-order valence-electron chi connectivity index (χ2n) is 7.49. The largest absolute Gasteiger partial charge is 0.481 e. The summed E-state index contributed by atoms with van der Waals surface area (Å²) in [5, 5.41) is 12.2. The number of benzene rings is 2. The van der Waals surface area contributed by atoms with E-state index < -0.39 is 5.97 Å². The van der Waals surface area contributed by atoms with Crippen molar-refractivity contribution < 1.29 is 19.4 Å². The van der Waals surface area contributed by atoms with E-state index in [2.05, 4.69) is 48.3 Å². The molecule has 2 aromatic rings. The average molecular weight is 410 g/mol. The number of carboxylic acid groups (broad SMARTS) is 1. The van der Waals surface area contributed by atoms with Crippen LogP contribution in [0.3, 0.4) is 0 Å². The van der Waals surface area contributed by atoms with Crippen LogP contribution in [0.15, 0.2) is 66.9 Å². The van der Waals surface area contributed by atoms with Crippen molar-refractivity contribution in [3.05, 3.63) is 72.4 Å². The molecule has 0 saturated heterocycles. The van der Waals surface area contributed by atoms with Crippen molar-refractivity contribution in [2.45, 2.75) is 45.6 Å². The molecule has 160 valence electrons. The highest BCUT2D eigenvalue weighted by molar-refractivity contribution is 5.72. The maximum absolute atomic E-state index is 12.1. The average Bonchev–Trinajstić information content (AvgIpc) is 2.73. The van der Waals surface area contributed by atoms with Crippen LogP contribution in [0.2, 0.25) is 0 Å². The highest BCUT2D eigenvalue weighted by Gasteiger charge is 2.21. The van der Waals surface area contributed by atoms with Gasteiger partial charge in [0.25, 0.3) is 0 Å². The fourth-order valence-electron chi connectivity index (χ4n) is 3.37. The van der Waals surface area contributed by atoms with Crippen LogP contribution in [0.25, 0.3) is 11.1 Å². The Labute approximate surface area is 178 Å². The van der Waals surface area contributed by atoms with Crippen LogP contribution >= 0.6 is 0 Å². The first-order valence-corrected chi connectivity index (χ1v) is 10.4. The molecule has 0 spiro atoms. The van der Waals surface area contributed by atoms with E-state index in [4.69, 9.17) is 9.84 Å². The third-order valence-electron chi connectivity index (χ3n) is 4.92. The molecular weight excluding hydrogens is 378 g/mol. The van der Waals surface area contributed by atoms with Gasteiger partial charge in [-0.2, -0.15) is 0 Å². The molecule has 0 radical (unpaired) electrons. The monoisotopic (exact) mass is 409 g/mol. The quantitative estimate of drug-likeness (QED) is 0.492. The molecule has 0 fully saturated rings. The van der Waals surface area contributed by atoms with Gasteiger partial charge in [0.05, 0.1) is 18.9 Å². The summed E-state index contributed by atoms with van der Waals surface area (Å²) in [6.07, 6.45) is 1.65. The van der Waals surface area contributed by atoms with E-state index in [1.54, 1.807) is 6.92 Å². The molecule has 0 amide bonds. The van der Waals surface area contributed by atoms with Gasteiger partial charge in [0.15, 0.2) is 0 Å². The number of hydrogen-bond acceptors (Lipinski definition) is 4. The summed E-state index contributed by atoms with van der Waals surface area (Å²) in [5.41, 5.74) is 4.11. The lowest BCUT2D eigenvalue weighted by Crippen LogP contribution is -2.34. The number of aliphatic carboxylic acids is 1. The first-order chi connectivity index (χ1) is 14.4. The summed E-state index contributed by atoms with van der Waals surface area (Å²) in [6, 6.07) is 18.5. The van der Waals surface area contributed by atoms with E-state index >= 15 is 0 Å². The van der Waals surface area contributed by atoms with E-state index in [1.807, 2.05) is 25.1 Å². The van der Waals surface area contributed by atoms with Crippen LogP contribution in [-0.4, -0.2) is 29.7 Å². The first kappa shape index (κ1) is 23.2. The van der Waals surface area contributed by atoms with Crippen molar-refractivity contribution in [1.29, 1.82) is 0 Å². The molecule has 5 nitrogen and oxygen atoms in total. The third kappa shape index (κ3) is 7.74. The van der Waals surface area contributed by atoms with Crippen molar-refractivity contribution in [2.75, 3.05) is 6.61 Å². The minimum absolute atomic E-state index is 0.0256. The van der Waals surface area contributed by atoms with Gasteiger partial charge in [0, 0.05) is 11.7 Å². The predicted molar refractivity (Wildman–Crippen MR) is 119 cm³/mol. The minimum atomic E-state index is -0.856. The van der Waals surface area contributed by atoms with Crippen molar-refractivity contribution >= 4 is 11.9 Å². The number of carbonyl (C=O) groups is 2. The van der Waals surface area contributed by atoms with Crippen LogP contribution in [0.1, 0.15) is 38.7 Å². The zero-order valence-corrected chi connectivity index (χ0v) is 17.8. The molecule has 2 rings (SSSR count). The maximum Gasteiger partial charge on any atom is 0.308 e. The van der Waals surface area contributed by atoms with Crippen molar-refractivity contribution in [1.82, 2.24) is 5.32 Å². The van der Waals surface area contributed by atoms with Crippen LogP contribution in [0.5, 0.6) is 0 Å². The van der Waals surface area contributed by atoms with Gasteiger partial charge in [-0.25, -0.2) is 0 Å². The Bertz CT molecular complexity index is 830. The lowest BCUT2D eigenvalue weighted by atomic mass is 9.94. The van der Waals surface area contributed by atoms with E-state index in [1.165, 1.54) is 0 Å². The second kappa shape index (κ2) is 11.8. The summed E-state index contributed by atoms with van der Waals surface area (Å²) < 4.78 is 5.14. The molecule has 2 aromatic carbocycles. The molecule has 0 saturated carbocycles. The zero-order valence-electron chi connectivity index (χ0n) is 17.8. The fraction of sp³-hybridized carbons (Fsp3) is 0.360. The van der Waals surface area contributed by atoms with E-state index in [9.17, 15) is 9.59 Å². The highest BCUT2D eigenvalue weighted by atomic mass is 16.5. The molecule has 0 aliphatic rings. The SMILES string of the molecule is C=C(CCC(=O)O)N[C@H](Cc1ccc(-c2ccccc2)cc1)C[C@@H](C)C(=O)OCC. The maximum atomic E-state index is 12.1. The summed E-state index contributed by atoms with van der Waals surface area (Å²) in [7, 11) is 0. The molecule has 0 unspecified atom stereocenters. The van der Waals surface area contributed by atoms with E-state index in [0.717, 1.165) is 16.7 Å². The second-order valence-corrected chi connectivity index (χ2v) is 7.49. The van der Waals surface area contributed by atoms with E-state index in [-0.39, 0.29) is 24.3 Å². The number of ether oxygens (including phenoxy) is 1. The van der Waals surface area contributed by atoms with Gasteiger partial charge in [0.2, 0.25) is 0 Å². The van der Waals surface area contributed by atoms with Crippen molar-refractivity contribution in [3.8, 4) is 11.1 Å².